The van der Waals surface area contributed by atoms with E-state index in [1.165, 1.54) is 12.1 Å². The van der Waals surface area contributed by atoms with Gasteiger partial charge in [-0.2, -0.15) is 5.10 Å². The Bertz CT molecular complexity index is 543. The largest absolute Gasteiger partial charge is 0.312 e. The molecule has 0 aliphatic carbocycles. The lowest BCUT2D eigenvalue weighted by Gasteiger charge is -2.04. The van der Waals surface area contributed by atoms with Gasteiger partial charge in [-0.1, -0.05) is 6.58 Å². The molecule has 0 saturated carbocycles. The van der Waals surface area contributed by atoms with Crippen LogP contribution in [0.3, 0.4) is 0 Å². The fourth-order valence-corrected chi connectivity index (χ4v) is 1.79. The number of halogens is 2. The van der Waals surface area contributed by atoms with Crippen LogP contribution in [0.25, 0.3) is 6.20 Å². The molecule has 19 heavy (non-hydrogen) atoms. The Balaban J connectivity index is 1.78. The highest BCUT2D eigenvalue weighted by Gasteiger charge is 2.01. The highest BCUT2D eigenvalue weighted by Crippen LogP contribution is 2.08. The molecule has 100 valence electrons. The van der Waals surface area contributed by atoms with Crippen LogP contribution in [-0.2, 0) is 13.0 Å². The van der Waals surface area contributed by atoms with Gasteiger partial charge in [-0.25, -0.2) is 13.5 Å². The molecule has 0 unspecified atom stereocenters. The van der Waals surface area contributed by atoms with E-state index in [2.05, 4.69) is 17.0 Å². The molecule has 2 aromatic rings. The lowest BCUT2D eigenvalue weighted by molar-refractivity contribution is 0.577. The van der Waals surface area contributed by atoms with Gasteiger partial charge in [0, 0.05) is 30.6 Å². The first-order chi connectivity index (χ1) is 9.17. The third kappa shape index (κ3) is 3.99. The number of hydrogen-bond donors (Lipinski definition) is 1. The van der Waals surface area contributed by atoms with Crippen LogP contribution in [0.1, 0.15) is 11.1 Å². The summed E-state index contributed by atoms with van der Waals surface area (Å²) < 4.78 is 27.6. The van der Waals surface area contributed by atoms with Crippen molar-refractivity contribution in [3.05, 3.63) is 59.9 Å². The molecule has 1 aromatic heterocycles. The Morgan fingerprint density at radius 3 is 2.58 bits per heavy atom. The molecule has 1 N–H and O–H groups in total. The maximum atomic E-state index is 13.0. The topological polar surface area (TPSA) is 29.9 Å². The fraction of sp³-hybridized carbons (Fsp3) is 0.214. The van der Waals surface area contributed by atoms with Gasteiger partial charge < -0.3 is 5.32 Å². The number of nitrogens with zero attached hydrogens (tertiary/aromatic N) is 2. The van der Waals surface area contributed by atoms with E-state index in [0.717, 1.165) is 11.6 Å². The molecular weight excluding hydrogens is 248 g/mol. The summed E-state index contributed by atoms with van der Waals surface area (Å²) in [5.41, 5.74) is 1.68. The van der Waals surface area contributed by atoms with Crippen molar-refractivity contribution in [2.24, 2.45) is 0 Å². The van der Waals surface area contributed by atoms with E-state index in [-0.39, 0.29) is 0 Å². The first-order valence-corrected chi connectivity index (χ1v) is 5.98. The van der Waals surface area contributed by atoms with Crippen LogP contribution in [0.4, 0.5) is 8.78 Å². The zero-order valence-electron chi connectivity index (χ0n) is 10.4. The van der Waals surface area contributed by atoms with Crippen LogP contribution in [0.5, 0.6) is 0 Å². The van der Waals surface area contributed by atoms with E-state index in [0.29, 0.717) is 25.1 Å². The summed E-state index contributed by atoms with van der Waals surface area (Å²) in [6.45, 7) is 4.91. The normalized spacial score (nSPS) is 10.6. The van der Waals surface area contributed by atoms with E-state index in [4.69, 9.17) is 0 Å². The van der Waals surface area contributed by atoms with Crippen LogP contribution >= 0.6 is 0 Å². The Morgan fingerprint density at radius 1 is 1.21 bits per heavy atom. The molecule has 0 spiro atoms. The smallest absolute Gasteiger partial charge is 0.126 e. The van der Waals surface area contributed by atoms with Crippen molar-refractivity contribution in [1.82, 2.24) is 15.1 Å². The molecule has 0 atom stereocenters. The maximum Gasteiger partial charge on any atom is 0.126 e. The second kappa shape index (κ2) is 6.24. The first kappa shape index (κ1) is 13.4. The fourth-order valence-electron chi connectivity index (χ4n) is 1.79. The minimum atomic E-state index is -0.540. The number of aromatic nitrogens is 2. The summed E-state index contributed by atoms with van der Waals surface area (Å²) in [4.78, 5) is 0. The summed E-state index contributed by atoms with van der Waals surface area (Å²) in [6.07, 6.45) is 5.79. The van der Waals surface area contributed by atoms with Crippen molar-refractivity contribution in [2.45, 2.75) is 13.0 Å². The average Bonchev–Trinajstić information content (AvgIpc) is 2.81. The molecule has 1 aromatic carbocycles. The van der Waals surface area contributed by atoms with E-state index in [1.54, 1.807) is 17.1 Å². The van der Waals surface area contributed by atoms with E-state index < -0.39 is 11.6 Å². The minimum Gasteiger partial charge on any atom is -0.312 e. The molecule has 0 amide bonds. The summed E-state index contributed by atoms with van der Waals surface area (Å²) in [6, 6.07) is 3.57. The third-order valence-electron chi connectivity index (χ3n) is 2.68. The first-order valence-electron chi connectivity index (χ1n) is 5.98. The Labute approximate surface area is 110 Å². The summed E-state index contributed by atoms with van der Waals surface area (Å²) in [5.74, 6) is -1.08. The molecule has 5 heteroatoms. The van der Waals surface area contributed by atoms with Crippen molar-refractivity contribution in [2.75, 3.05) is 6.54 Å². The molecule has 0 bridgehead atoms. The number of benzene rings is 1. The lowest BCUT2D eigenvalue weighted by atomic mass is 10.1. The van der Waals surface area contributed by atoms with Crippen LogP contribution < -0.4 is 5.32 Å². The van der Waals surface area contributed by atoms with Gasteiger partial charge in [0.1, 0.15) is 11.6 Å². The molecule has 2 rings (SSSR count). The summed E-state index contributed by atoms with van der Waals surface area (Å²) in [5, 5.41) is 7.25. The molecule has 0 fully saturated rings. The van der Waals surface area contributed by atoms with Crippen molar-refractivity contribution in [1.29, 1.82) is 0 Å². The molecule has 0 aliphatic rings. The Morgan fingerprint density at radius 2 is 1.95 bits per heavy atom. The molecule has 0 saturated heterocycles. The van der Waals surface area contributed by atoms with Crippen LogP contribution in [0.15, 0.2) is 37.2 Å². The SMILES string of the molecule is C=Cn1cc(CNCCc2cc(F)cc(F)c2)cn1. The van der Waals surface area contributed by atoms with Gasteiger partial charge >= 0.3 is 0 Å². The maximum absolute atomic E-state index is 13.0. The number of hydrogen-bond acceptors (Lipinski definition) is 2. The summed E-state index contributed by atoms with van der Waals surface area (Å²) in [7, 11) is 0. The Hall–Kier alpha value is -2.01. The van der Waals surface area contributed by atoms with Crippen molar-refractivity contribution in [3.8, 4) is 0 Å². The third-order valence-corrected chi connectivity index (χ3v) is 2.68. The molecular formula is C14H15F2N3. The second-order valence-corrected chi connectivity index (χ2v) is 4.22. The van der Waals surface area contributed by atoms with Gasteiger partial charge in [0.15, 0.2) is 0 Å². The molecule has 0 aliphatic heterocycles. The zero-order chi connectivity index (χ0) is 13.7. The van der Waals surface area contributed by atoms with Crippen LogP contribution in [0.2, 0.25) is 0 Å². The van der Waals surface area contributed by atoms with E-state index in [9.17, 15) is 8.78 Å². The quantitative estimate of drug-likeness (QED) is 0.812. The molecule has 3 nitrogen and oxygen atoms in total. The van der Waals surface area contributed by atoms with Crippen molar-refractivity contribution in [3.63, 3.8) is 0 Å². The van der Waals surface area contributed by atoms with Gasteiger partial charge in [0.25, 0.3) is 0 Å². The van der Waals surface area contributed by atoms with E-state index in [1.807, 2.05) is 6.20 Å². The highest BCUT2D eigenvalue weighted by atomic mass is 19.1. The zero-order valence-corrected chi connectivity index (χ0v) is 10.4. The highest BCUT2D eigenvalue weighted by molar-refractivity contribution is 5.19. The van der Waals surface area contributed by atoms with E-state index >= 15 is 0 Å². The molecule has 1 heterocycles. The van der Waals surface area contributed by atoms with Gasteiger partial charge in [-0.15, -0.1) is 0 Å². The van der Waals surface area contributed by atoms with Crippen molar-refractivity contribution < 1.29 is 8.78 Å². The minimum absolute atomic E-state index is 0.540. The predicted molar refractivity (Wildman–Crippen MR) is 70.4 cm³/mol. The van der Waals surface area contributed by atoms with Crippen LogP contribution in [-0.4, -0.2) is 16.3 Å². The van der Waals surface area contributed by atoms with Gasteiger partial charge in [-0.05, 0) is 30.7 Å². The van der Waals surface area contributed by atoms with Gasteiger partial charge in [0.05, 0.1) is 6.20 Å². The predicted octanol–water partition coefficient (Wildman–Crippen LogP) is 2.59. The monoisotopic (exact) mass is 263 g/mol. The number of rotatable bonds is 6. The number of nitrogens with one attached hydrogen (secondary N) is 1. The Kier molecular flexibility index (Phi) is 4.41. The standard InChI is InChI=1S/C14H15F2N3/c1-2-19-10-12(9-18-19)8-17-4-3-11-5-13(15)7-14(16)6-11/h2,5-7,9-10,17H,1,3-4,8H2. The van der Waals surface area contributed by atoms with Gasteiger partial charge in [0.2, 0.25) is 0 Å². The lowest BCUT2D eigenvalue weighted by Crippen LogP contribution is -2.16. The van der Waals surface area contributed by atoms with Gasteiger partial charge in [-0.3, -0.25) is 0 Å². The molecule has 0 radical (unpaired) electrons. The average molecular weight is 263 g/mol. The summed E-state index contributed by atoms with van der Waals surface area (Å²) >= 11 is 0. The second-order valence-electron chi connectivity index (χ2n) is 4.22. The van der Waals surface area contributed by atoms with Crippen molar-refractivity contribution >= 4 is 6.20 Å². The van der Waals surface area contributed by atoms with Crippen LogP contribution in [0, 0.1) is 11.6 Å².